The molecule has 5 nitrogen and oxygen atoms in total. The zero-order valence-electron chi connectivity index (χ0n) is 10.9. The minimum Gasteiger partial charge on any atom is -0.326 e. The van der Waals surface area contributed by atoms with Crippen LogP contribution >= 0.6 is 0 Å². The Kier molecular flexibility index (Phi) is 4.85. The van der Waals surface area contributed by atoms with Gasteiger partial charge in [0.05, 0.1) is 6.04 Å². The lowest BCUT2D eigenvalue weighted by atomic mass is 10.0. The maximum atomic E-state index is 11.7. The summed E-state index contributed by atoms with van der Waals surface area (Å²) in [6.45, 7) is 5.23. The molecule has 1 atom stereocenters. The van der Waals surface area contributed by atoms with Crippen LogP contribution < -0.4 is 16.4 Å². The van der Waals surface area contributed by atoms with Crippen molar-refractivity contribution >= 4 is 23.2 Å². The van der Waals surface area contributed by atoms with Crippen molar-refractivity contribution in [2.45, 2.75) is 26.8 Å². The van der Waals surface area contributed by atoms with Crippen molar-refractivity contribution in [1.29, 1.82) is 0 Å². The highest BCUT2D eigenvalue weighted by Gasteiger charge is 2.16. The molecule has 0 fully saturated rings. The summed E-state index contributed by atoms with van der Waals surface area (Å²) in [5.74, 6) is -0.255. The Morgan fingerprint density at radius 1 is 1.06 bits per heavy atom. The number of nitrogens with two attached hydrogens (primary N) is 1. The van der Waals surface area contributed by atoms with Crippen molar-refractivity contribution in [3.8, 4) is 0 Å². The fourth-order valence-electron chi connectivity index (χ4n) is 1.37. The molecular weight excluding hydrogens is 230 g/mol. The molecule has 0 aliphatic rings. The van der Waals surface area contributed by atoms with Crippen LogP contribution in [0.5, 0.6) is 0 Å². The fourth-order valence-corrected chi connectivity index (χ4v) is 1.37. The van der Waals surface area contributed by atoms with Gasteiger partial charge in [-0.2, -0.15) is 0 Å². The van der Waals surface area contributed by atoms with Crippen molar-refractivity contribution in [2.75, 3.05) is 10.6 Å². The lowest BCUT2D eigenvalue weighted by Gasteiger charge is -2.15. The predicted octanol–water partition coefficient (Wildman–Crippen LogP) is 1.57. The van der Waals surface area contributed by atoms with E-state index in [1.54, 1.807) is 24.3 Å². The van der Waals surface area contributed by atoms with Crippen LogP contribution in [-0.4, -0.2) is 17.9 Å². The second-order valence-electron chi connectivity index (χ2n) is 4.52. The molecule has 98 valence electrons. The maximum Gasteiger partial charge on any atom is 0.241 e. The molecule has 1 aromatic carbocycles. The SMILES string of the molecule is CC(=O)Nc1ccc(NC(=O)C(N)C(C)C)cc1. The van der Waals surface area contributed by atoms with Gasteiger partial charge < -0.3 is 16.4 Å². The van der Waals surface area contributed by atoms with E-state index >= 15 is 0 Å². The van der Waals surface area contributed by atoms with Gasteiger partial charge in [-0.15, -0.1) is 0 Å². The Morgan fingerprint density at radius 2 is 1.50 bits per heavy atom. The molecule has 4 N–H and O–H groups in total. The Morgan fingerprint density at radius 3 is 1.89 bits per heavy atom. The van der Waals surface area contributed by atoms with Gasteiger partial charge in [0.2, 0.25) is 11.8 Å². The van der Waals surface area contributed by atoms with Crippen LogP contribution in [0.25, 0.3) is 0 Å². The van der Waals surface area contributed by atoms with E-state index in [2.05, 4.69) is 10.6 Å². The van der Waals surface area contributed by atoms with Crippen molar-refractivity contribution in [2.24, 2.45) is 11.7 Å². The molecule has 0 aliphatic carbocycles. The maximum absolute atomic E-state index is 11.7. The third-order valence-corrected chi connectivity index (χ3v) is 2.49. The van der Waals surface area contributed by atoms with E-state index in [-0.39, 0.29) is 17.7 Å². The summed E-state index contributed by atoms with van der Waals surface area (Å²) in [6, 6.07) is 6.35. The van der Waals surface area contributed by atoms with Gasteiger partial charge in [-0.3, -0.25) is 9.59 Å². The van der Waals surface area contributed by atoms with Crippen molar-refractivity contribution < 1.29 is 9.59 Å². The number of hydrogen-bond acceptors (Lipinski definition) is 3. The summed E-state index contributed by atoms with van der Waals surface area (Å²) in [4.78, 5) is 22.6. The van der Waals surface area contributed by atoms with Gasteiger partial charge in [-0.25, -0.2) is 0 Å². The summed E-state index contributed by atoms with van der Waals surface area (Å²) in [7, 11) is 0. The van der Waals surface area contributed by atoms with Crippen molar-refractivity contribution in [3.05, 3.63) is 24.3 Å². The first-order valence-electron chi connectivity index (χ1n) is 5.84. The quantitative estimate of drug-likeness (QED) is 0.757. The summed E-state index contributed by atoms with van der Waals surface area (Å²) < 4.78 is 0. The number of benzene rings is 1. The Hall–Kier alpha value is -1.88. The van der Waals surface area contributed by atoms with Gasteiger partial charge in [0.25, 0.3) is 0 Å². The molecule has 1 rings (SSSR count). The van der Waals surface area contributed by atoms with Crippen LogP contribution in [-0.2, 0) is 9.59 Å². The van der Waals surface area contributed by atoms with Gasteiger partial charge in [0.15, 0.2) is 0 Å². The first-order chi connectivity index (χ1) is 8.40. The van der Waals surface area contributed by atoms with E-state index in [1.165, 1.54) is 6.92 Å². The van der Waals surface area contributed by atoms with Crippen LogP contribution in [0.4, 0.5) is 11.4 Å². The normalized spacial score (nSPS) is 12.1. The molecule has 2 amide bonds. The first-order valence-corrected chi connectivity index (χ1v) is 5.84. The second-order valence-corrected chi connectivity index (χ2v) is 4.52. The van der Waals surface area contributed by atoms with E-state index in [1.807, 2.05) is 13.8 Å². The van der Waals surface area contributed by atoms with Crippen molar-refractivity contribution in [3.63, 3.8) is 0 Å². The molecule has 5 heteroatoms. The van der Waals surface area contributed by atoms with Gasteiger partial charge in [-0.05, 0) is 30.2 Å². The van der Waals surface area contributed by atoms with Crippen LogP contribution in [0.3, 0.4) is 0 Å². The third kappa shape index (κ3) is 4.18. The second kappa shape index (κ2) is 6.16. The average molecular weight is 249 g/mol. The van der Waals surface area contributed by atoms with Gasteiger partial charge in [-0.1, -0.05) is 13.8 Å². The average Bonchev–Trinajstić information content (AvgIpc) is 2.29. The van der Waals surface area contributed by atoms with Crippen LogP contribution in [0.1, 0.15) is 20.8 Å². The number of nitrogens with one attached hydrogen (secondary N) is 2. The number of hydrogen-bond donors (Lipinski definition) is 3. The zero-order chi connectivity index (χ0) is 13.7. The largest absolute Gasteiger partial charge is 0.326 e. The van der Waals surface area contributed by atoms with Crippen LogP contribution in [0.15, 0.2) is 24.3 Å². The lowest BCUT2D eigenvalue weighted by molar-refractivity contribution is -0.118. The van der Waals surface area contributed by atoms with E-state index < -0.39 is 6.04 Å². The highest BCUT2D eigenvalue weighted by molar-refractivity contribution is 5.95. The molecule has 0 spiro atoms. The van der Waals surface area contributed by atoms with Crippen LogP contribution in [0.2, 0.25) is 0 Å². The third-order valence-electron chi connectivity index (χ3n) is 2.49. The predicted molar refractivity (Wildman–Crippen MR) is 72.2 cm³/mol. The Labute approximate surface area is 107 Å². The number of rotatable bonds is 4. The minimum absolute atomic E-state index is 0.0867. The number of amides is 2. The highest BCUT2D eigenvalue weighted by Crippen LogP contribution is 2.14. The summed E-state index contributed by atoms with van der Waals surface area (Å²) in [5.41, 5.74) is 7.08. The molecule has 1 unspecified atom stereocenters. The molecule has 0 radical (unpaired) electrons. The van der Waals surface area contributed by atoms with E-state index in [0.29, 0.717) is 11.4 Å². The minimum atomic E-state index is -0.528. The standard InChI is InChI=1S/C13H19N3O2/c1-8(2)12(14)13(18)16-11-6-4-10(5-7-11)15-9(3)17/h4-8,12H,14H2,1-3H3,(H,15,17)(H,16,18). The molecule has 0 aliphatic heterocycles. The summed E-state index contributed by atoms with van der Waals surface area (Å²) in [6.07, 6.45) is 0. The summed E-state index contributed by atoms with van der Waals surface area (Å²) >= 11 is 0. The monoisotopic (exact) mass is 249 g/mol. The molecule has 0 heterocycles. The molecule has 0 bridgehead atoms. The molecular formula is C13H19N3O2. The van der Waals surface area contributed by atoms with E-state index in [0.717, 1.165) is 0 Å². The van der Waals surface area contributed by atoms with Crippen LogP contribution in [0, 0.1) is 5.92 Å². The molecule has 18 heavy (non-hydrogen) atoms. The molecule has 0 saturated carbocycles. The van der Waals surface area contributed by atoms with Gasteiger partial charge in [0.1, 0.15) is 0 Å². The zero-order valence-corrected chi connectivity index (χ0v) is 10.9. The number of anilines is 2. The Bertz CT molecular complexity index is 426. The van der Waals surface area contributed by atoms with E-state index in [4.69, 9.17) is 5.73 Å². The van der Waals surface area contributed by atoms with Gasteiger partial charge in [0, 0.05) is 18.3 Å². The van der Waals surface area contributed by atoms with E-state index in [9.17, 15) is 9.59 Å². The fraction of sp³-hybridized carbons (Fsp3) is 0.385. The molecule has 1 aromatic rings. The number of carbonyl (C=O) groups excluding carboxylic acids is 2. The smallest absolute Gasteiger partial charge is 0.241 e. The first kappa shape index (κ1) is 14.2. The summed E-state index contributed by atoms with van der Waals surface area (Å²) in [5, 5.41) is 5.38. The lowest BCUT2D eigenvalue weighted by Crippen LogP contribution is -2.39. The van der Waals surface area contributed by atoms with Gasteiger partial charge >= 0.3 is 0 Å². The topological polar surface area (TPSA) is 84.2 Å². The Balaban J connectivity index is 2.63. The molecule has 0 saturated heterocycles. The number of carbonyl (C=O) groups is 2. The van der Waals surface area contributed by atoms with Crippen molar-refractivity contribution in [1.82, 2.24) is 0 Å². The molecule has 0 aromatic heterocycles. The highest BCUT2D eigenvalue weighted by atomic mass is 16.2.